The van der Waals surface area contributed by atoms with Crippen molar-refractivity contribution in [3.05, 3.63) is 23.9 Å². The molecule has 25 heavy (non-hydrogen) atoms. The summed E-state index contributed by atoms with van der Waals surface area (Å²) in [5, 5.41) is 11.6. The summed E-state index contributed by atoms with van der Waals surface area (Å²) in [6, 6.07) is 3.28. The number of nitrogens with zero attached hydrogens (tertiary/aromatic N) is 1. The van der Waals surface area contributed by atoms with Crippen LogP contribution in [0.15, 0.2) is 18.3 Å². The van der Waals surface area contributed by atoms with Gasteiger partial charge in [0.2, 0.25) is 0 Å². The highest BCUT2D eigenvalue weighted by atomic mass is 16.6. The molecule has 1 aromatic rings. The number of anilines is 1. The van der Waals surface area contributed by atoms with Crippen LogP contribution in [-0.4, -0.2) is 40.3 Å². The molecule has 1 unspecified atom stereocenters. The van der Waals surface area contributed by atoms with Gasteiger partial charge in [-0.05, 0) is 52.2 Å². The fourth-order valence-electron chi connectivity index (χ4n) is 1.95. The Morgan fingerprint density at radius 1 is 1.28 bits per heavy atom. The number of aryl methyl sites for hydroxylation is 1. The minimum Gasteiger partial charge on any atom is -0.481 e. The van der Waals surface area contributed by atoms with Crippen LogP contribution >= 0.6 is 0 Å². The first-order valence-electron chi connectivity index (χ1n) is 7.96. The van der Waals surface area contributed by atoms with Gasteiger partial charge in [0.05, 0.1) is 6.61 Å². The molecule has 0 saturated heterocycles. The number of aromatic nitrogens is 1. The molecule has 1 atom stereocenters. The van der Waals surface area contributed by atoms with E-state index < -0.39 is 29.6 Å². The maximum Gasteiger partial charge on any atom is 0.413 e. The Balaban J connectivity index is 2.60. The van der Waals surface area contributed by atoms with E-state index in [1.54, 1.807) is 39.8 Å². The van der Waals surface area contributed by atoms with Crippen LogP contribution in [0.5, 0.6) is 0 Å². The molecule has 0 aliphatic carbocycles. The van der Waals surface area contributed by atoms with Crippen LogP contribution in [0, 0.1) is 5.92 Å². The van der Waals surface area contributed by atoms with Crippen molar-refractivity contribution in [3.8, 4) is 0 Å². The first-order chi connectivity index (χ1) is 11.6. The highest BCUT2D eigenvalue weighted by Gasteiger charge is 2.27. The number of carboxylic acid groups (broad SMARTS) is 1. The number of hydrogen-bond donors (Lipinski definition) is 2. The van der Waals surface area contributed by atoms with Gasteiger partial charge in [0.1, 0.15) is 11.4 Å². The van der Waals surface area contributed by atoms with Crippen LogP contribution in [0.2, 0.25) is 0 Å². The second kappa shape index (κ2) is 9.00. The lowest BCUT2D eigenvalue weighted by Gasteiger charge is -2.19. The molecule has 0 fully saturated rings. The molecule has 8 nitrogen and oxygen atoms in total. The first-order valence-corrected chi connectivity index (χ1v) is 7.96. The fraction of sp³-hybridized carbons (Fsp3) is 0.529. The zero-order chi connectivity index (χ0) is 19.0. The van der Waals surface area contributed by atoms with E-state index in [9.17, 15) is 14.4 Å². The average molecular weight is 352 g/mol. The van der Waals surface area contributed by atoms with Gasteiger partial charge in [-0.25, -0.2) is 9.78 Å². The van der Waals surface area contributed by atoms with Gasteiger partial charge in [-0.3, -0.25) is 14.9 Å². The van der Waals surface area contributed by atoms with E-state index >= 15 is 0 Å². The molecule has 0 saturated carbocycles. The molecule has 1 rings (SSSR count). The maximum absolute atomic E-state index is 11.6. The summed E-state index contributed by atoms with van der Waals surface area (Å²) < 4.78 is 9.88. The van der Waals surface area contributed by atoms with Crippen LogP contribution in [-0.2, 0) is 25.5 Å². The highest BCUT2D eigenvalue weighted by molar-refractivity contribution is 5.93. The molecular weight excluding hydrogens is 328 g/mol. The van der Waals surface area contributed by atoms with E-state index in [4.69, 9.17) is 14.6 Å². The summed E-state index contributed by atoms with van der Waals surface area (Å²) in [5.74, 6) is -2.85. The lowest BCUT2D eigenvalue weighted by molar-refractivity contribution is -0.158. The third-order valence-electron chi connectivity index (χ3n) is 3.04. The third kappa shape index (κ3) is 7.65. The molecular formula is C17H24N2O6. The number of esters is 1. The molecule has 8 heteroatoms. The van der Waals surface area contributed by atoms with Crippen LogP contribution in [0.25, 0.3) is 0 Å². The lowest BCUT2D eigenvalue weighted by Crippen LogP contribution is -2.27. The third-order valence-corrected chi connectivity index (χ3v) is 3.04. The Morgan fingerprint density at radius 2 is 1.96 bits per heavy atom. The molecule has 0 spiro atoms. The number of aliphatic carboxylic acids is 1. The number of hydrogen-bond acceptors (Lipinski definition) is 6. The molecule has 1 heterocycles. The Morgan fingerprint density at radius 3 is 2.44 bits per heavy atom. The number of nitrogens with one attached hydrogen (secondary N) is 1. The number of carbonyl (C=O) groups excluding carboxylic acids is 2. The van der Waals surface area contributed by atoms with E-state index in [0.717, 1.165) is 5.56 Å². The van der Waals surface area contributed by atoms with Gasteiger partial charge < -0.3 is 14.6 Å². The van der Waals surface area contributed by atoms with Gasteiger partial charge in [-0.2, -0.15) is 0 Å². The smallest absolute Gasteiger partial charge is 0.413 e. The number of carboxylic acids is 1. The Kier molecular flexibility index (Phi) is 7.35. The second-order valence-corrected chi connectivity index (χ2v) is 6.36. The van der Waals surface area contributed by atoms with Crippen molar-refractivity contribution in [2.75, 3.05) is 11.9 Å². The van der Waals surface area contributed by atoms with Crippen molar-refractivity contribution in [1.29, 1.82) is 0 Å². The number of carbonyl (C=O) groups is 3. The topological polar surface area (TPSA) is 115 Å². The predicted molar refractivity (Wildman–Crippen MR) is 90.2 cm³/mol. The molecule has 0 aliphatic heterocycles. The summed E-state index contributed by atoms with van der Waals surface area (Å²) in [7, 11) is 0. The molecule has 1 aromatic heterocycles. The van der Waals surface area contributed by atoms with Crippen molar-refractivity contribution in [2.24, 2.45) is 5.92 Å². The first kappa shape index (κ1) is 20.4. The maximum atomic E-state index is 11.6. The van der Waals surface area contributed by atoms with Crippen LogP contribution < -0.4 is 5.32 Å². The Bertz CT molecular complexity index is 607. The highest BCUT2D eigenvalue weighted by Crippen LogP contribution is 2.14. The van der Waals surface area contributed by atoms with Crippen molar-refractivity contribution in [1.82, 2.24) is 4.98 Å². The molecule has 138 valence electrons. The van der Waals surface area contributed by atoms with Gasteiger partial charge in [0.25, 0.3) is 0 Å². The molecule has 0 bridgehead atoms. The van der Waals surface area contributed by atoms with Crippen molar-refractivity contribution in [2.45, 2.75) is 46.1 Å². The summed E-state index contributed by atoms with van der Waals surface area (Å²) in [6.07, 6.45) is 1.35. The van der Waals surface area contributed by atoms with Crippen LogP contribution in [0.3, 0.4) is 0 Å². The summed E-state index contributed by atoms with van der Waals surface area (Å²) in [5.41, 5.74) is 0.133. The van der Waals surface area contributed by atoms with Gasteiger partial charge in [-0.1, -0.05) is 6.07 Å². The van der Waals surface area contributed by atoms with Crippen molar-refractivity contribution < 1.29 is 29.0 Å². The SMILES string of the molecule is CCOC(=O)C(CCc1ccc(NC(=O)OC(C)(C)C)nc1)C(=O)O. The van der Waals surface area contributed by atoms with E-state index in [0.29, 0.717) is 12.2 Å². The van der Waals surface area contributed by atoms with E-state index in [1.807, 2.05) is 0 Å². The number of rotatable bonds is 7. The quantitative estimate of drug-likeness (QED) is 0.572. The standard InChI is InChI=1S/C17H24N2O6/c1-5-24-15(22)12(14(20)21)8-6-11-7-9-13(18-10-11)19-16(23)25-17(2,3)4/h7,9-10,12H,5-6,8H2,1-4H3,(H,20,21)(H,18,19,23). The van der Waals surface area contributed by atoms with Crippen LogP contribution in [0.4, 0.5) is 10.6 Å². The molecule has 0 aliphatic rings. The van der Waals surface area contributed by atoms with Gasteiger partial charge in [-0.15, -0.1) is 0 Å². The monoisotopic (exact) mass is 352 g/mol. The number of amides is 1. The molecule has 1 amide bonds. The van der Waals surface area contributed by atoms with Crippen LogP contribution in [0.1, 0.15) is 39.7 Å². The second-order valence-electron chi connectivity index (χ2n) is 6.36. The molecule has 2 N–H and O–H groups in total. The van der Waals surface area contributed by atoms with Crippen molar-refractivity contribution in [3.63, 3.8) is 0 Å². The minimum absolute atomic E-state index is 0.106. The van der Waals surface area contributed by atoms with Crippen molar-refractivity contribution >= 4 is 23.8 Å². The largest absolute Gasteiger partial charge is 0.481 e. The van der Waals surface area contributed by atoms with E-state index in [-0.39, 0.29) is 13.0 Å². The Labute approximate surface area is 146 Å². The summed E-state index contributed by atoms with van der Waals surface area (Å²) in [4.78, 5) is 38.5. The fourth-order valence-corrected chi connectivity index (χ4v) is 1.95. The van der Waals surface area contributed by atoms with Gasteiger partial charge in [0.15, 0.2) is 5.92 Å². The summed E-state index contributed by atoms with van der Waals surface area (Å²) in [6.45, 7) is 7.02. The zero-order valence-corrected chi connectivity index (χ0v) is 14.9. The summed E-state index contributed by atoms with van der Waals surface area (Å²) >= 11 is 0. The minimum atomic E-state index is -1.21. The van der Waals surface area contributed by atoms with E-state index in [2.05, 4.69) is 10.3 Å². The average Bonchev–Trinajstić information content (AvgIpc) is 2.47. The Hall–Kier alpha value is -2.64. The normalized spacial score (nSPS) is 12.2. The number of pyridine rings is 1. The van der Waals surface area contributed by atoms with Gasteiger partial charge >= 0.3 is 18.0 Å². The molecule has 0 radical (unpaired) electrons. The number of ether oxygens (including phenoxy) is 2. The van der Waals surface area contributed by atoms with E-state index in [1.165, 1.54) is 6.20 Å². The van der Waals surface area contributed by atoms with Gasteiger partial charge in [0, 0.05) is 6.20 Å². The molecule has 0 aromatic carbocycles. The predicted octanol–water partition coefficient (Wildman–Crippen LogP) is 2.63. The lowest BCUT2D eigenvalue weighted by atomic mass is 10.0. The zero-order valence-electron chi connectivity index (χ0n) is 14.9.